The van der Waals surface area contributed by atoms with E-state index >= 15 is 0 Å². The van der Waals surface area contributed by atoms with E-state index in [0.29, 0.717) is 19.3 Å². The summed E-state index contributed by atoms with van der Waals surface area (Å²) in [6.07, 6.45) is 24.8. The highest BCUT2D eigenvalue weighted by Crippen LogP contribution is 2.30. The van der Waals surface area contributed by atoms with E-state index < -0.39 is 5.16 Å². The van der Waals surface area contributed by atoms with Crippen molar-refractivity contribution in [1.82, 2.24) is 0 Å². The molecule has 3 nitrogen and oxygen atoms in total. The van der Waals surface area contributed by atoms with Crippen LogP contribution in [-0.4, -0.2) is 22.5 Å². The topological polar surface area (TPSA) is 51.2 Å². The van der Waals surface area contributed by atoms with Crippen molar-refractivity contribution in [2.75, 3.05) is 0 Å². The lowest BCUT2D eigenvalue weighted by molar-refractivity contribution is -0.137. The number of ketones is 3. The summed E-state index contributed by atoms with van der Waals surface area (Å²) in [5, 5.41) is -1.49. The normalized spacial score (nSPS) is 11.3. The van der Waals surface area contributed by atoms with Gasteiger partial charge in [-0.3, -0.25) is 14.4 Å². The molecule has 5 heteroatoms. The van der Waals surface area contributed by atoms with Gasteiger partial charge in [0.1, 0.15) is 0 Å². The molecular weight excluding hydrogens is 487 g/mol. The second-order valence-corrected chi connectivity index (χ2v) is 11.6. The van der Waals surface area contributed by atoms with E-state index in [1.54, 1.807) is 0 Å². The van der Waals surface area contributed by atoms with Gasteiger partial charge in [0.15, 0.2) is 22.5 Å². The average Bonchev–Trinajstić information content (AvgIpc) is 2.86. The smallest absolute Gasteiger partial charge is 0.158 e. The van der Waals surface area contributed by atoms with Crippen LogP contribution in [0.4, 0.5) is 0 Å². The molecule has 214 valence electrons. The molecule has 1 unspecified atom stereocenters. The van der Waals surface area contributed by atoms with Crippen molar-refractivity contribution in [3.8, 4) is 0 Å². The Labute approximate surface area is 233 Å². The zero-order valence-corrected chi connectivity index (χ0v) is 26.2. The lowest BCUT2D eigenvalue weighted by Crippen LogP contribution is -2.48. The molecule has 0 heterocycles. The summed E-state index contributed by atoms with van der Waals surface area (Å²) in [7, 11) is 2.45. The molecule has 0 aromatic carbocycles. The fourth-order valence-corrected chi connectivity index (χ4v) is 5.22. The summed E-state index contributed by atoms with van der Waals surface area (Å²) in [5.74, 6) is -0.467. The predicted octanol–water partition coefficient (Wildman–Crippen LogP) is 10.2. The lowest BCUT2D eigenvalue weighted by Gasteiger charge is -2.25. The standard InChI is InChI=1S/C31H59O3P.ClH/c1-4-7-10-13-16-19-22-25-28(32)31(35,29(33)26-23-20-17-14-11-8-5-2)30(34)27-24-21-18-15-12-9-6-3;/h4-27,35H2,1-3H3;1H. The van der Waals surface area contributed by atoms with E-state index in [9.17, 15) is 14.4 Å². The molecule has 0 radical (unpaired) electrons. The molecule has 0 saturated carbocycles. The van der Waals surface area contributed by atoms with Crippen molar-refractivity contribution >= 4 is 39.0 Å². The predicted molar refractivity (Wildman–Crippen MR) is 163 cm³/mol. The molecule has 0 bridgehead atoms. The lowest BCUT2D eigenvalue weighted by atomic mass is 9.85. The maximum atomic E-state index is 13.2. The fraction of sp³-hybridized carbons (Fsp3) is 0.903. The van der Waals surface area contributed by atoms with Crippen LogP contribution >= 0.6 is 21.6 Å². The number of hydrogen-bond donors (Lipinski definition) is 0. The summed E-state index contributed by atoms with van der Waals surface area (Å²) < 4.78 is 0. The zero-order chi connectivity index (χ0) is 26.2. The maximum absolute atomic E-state index is 13.2. The number of rotatable bonds is 27. The van der Waals surface area contributed by atoms with Crippen LogP contribution in [-0.2, 0) is 14.4 Å². The average molecular weight is 547 g/mol. The van der Waals surface area contributed by atoms with Gasteiger partial charge < -0.3 is 0 Å². The van der Waals surface area contributed by atoms with Gasteiger partial charge in [-0.05, 0) is 19.3 Å². The van der Waals surface area contributed by atoms with Gasteiger partial charge in [0.25, 0.3) is 0 Å². The molecule has 1 atom stereocenters. The van der Waals surface area contributed by atoms with E-state index in [2.05, 4.69) is 30.0 Å². The number of hydrogen-bond acceptors (Lipinski definition) is 3. The van der Waals surface area contributed by atoms with Crippen molar-refractivity contribution < 1.29 is 14.4 Å². The molecule has 0 aromatic rings. The molecular formula is C31H60ClO3P. The minimum atomic E-state index is -1.49. The first-order valence-corrected chi connectivity index (χ1v) is 15.9. The van der Waals surface area contributed by atoms with E-state index in [1.807, 2.05) is 0 Å². The third-order valence-corrected chi connectivity index (χ3v) is 8.31. The van der Waals surface area contributed by atoms with Crippen LogP contribution in [0.25, 0.3) is 0 Å². The molecule has 0 aliphatic rings. The first-order valence-electron chi connectivity index (χ1n) is 15.3. The number of halogens is 1. The quantitative estimate of drug-likeness (QED) is 0.0584. The Kier molecular flexibility index (Phi) is 27.7. The first kappa shape index (κ1) is 37.9. The number of carbonyl (C=O) groups is 3. The molecule has 0 spiro atoms. The Morgan fingerprint density at radius 1 is 0.417 bits per heavy atom. The van der Waals surface area contributed by atoms with Gasteiger partial charge in [0.05, 0.1) is 0 Å². The Bertz CT molecular complexity index is 476. The van der Waals surface area contributed by atoms with E-state index in [0.717, 1.165) is 57.8 Å². The van der Waals surface area contributed by atoms with Crippen LogP contribution in [0.3, 0.4) is 0 Å². The number of unbranched alkanes of at least 4 members (excludes halogenated alkanes) is 18. The zero-order valence-electron chi connectivity index (χ0n) is 24.2. The molecule has 0 rings (SSSR count). The molecule has 0 fully saturated rings. The van der Waals surface area contributed by atoms with Gasteiger partial charge >= 0.3 is 0 Å². The van der Waals surface area contributed by atoms with E-state index in [1.165, 1.54) is 77.0 Å². The highest BCUT2D eigenvalue weighted by molar-refractivity contribution is 7.26. The summed E-state index contributed by atoms with van der Waals surface area (Å²) >= 11 is 0. The van der Waals surface area contributed by atoms with Gasteiger partial charge in [-0.15, -0.1) is 21.6 Å². The Balaban J connectivity index is 0. The van der Waals surface area contributed by atoms with Gasteiger partial charge in [0.2, 0.25) is 0 Å². The van der Waals surface area contributed by atoms with Crippen LogP contribution < -0.4 is 0 Å². The van der Waals surface area contributed by atoms with Crippen LogP contribution in [0.1, 0.15) is 175 Å². The van der Waals surface area contributed by atoms with Crippen molar-refractivity contribution in [2.24, 2.45) is 0 Å². The minimum absolute atomic E-state index is 0. The third-order valence-electron chi connectivity index (χ3n) is 7.34. The maximum Gasteiger partial charge on any atom is 0.158 e. The molecule has 36 heavy (non-hydrogen) atoms. The van der Waals surface area contributed by atoms with E-state index in [-0.39, 0.29) is 29.8 Å². The first-order chi connectivity index (χ1) is 16.9. The third kappa shape index (κ3) is 18.1. The van der Waals surface area contributed by atoms with Gasteiger partial charge in [-0.1, -0.05) is 136 Å². The van der Waals surface area contributed by atoms with Crippen LogP contribution in [0.2, 0.25) is 0 Å². The Morgan fingerprint density at radius 3 is 0.833 bits per heavy atom. The van der Waals surface area contributed by atoms with Crippen LogP contribution in [0.5, 0.6) is 0 Å². The Hall–Kier alpha value is -0.270. The van der Waals surface area contributed by atoms with Crippen LogP contribution in [0.15, 0.2) is 0 Å². The fourth-order valence-electron chi connectivity index (χ4n) is 4.79. The largest absolute Gasteiger partial charge is 0.298 e. The molecule has 0 aliphatic carbocycles. The van der Waals surface area contributed by atoms with Crippen molar-refractivity contribution in [3.63, 3.8) is 0 Å². The van der Waals surface area contributed by atoms with Gasteiger partial charge in [0, 0.05) is 19.3 Å². The summed E-state index contributed by atoms with van der Waals surface area (Å²) in [4.78, 5) is 39.7. The monoisotopic (exact) mass is 546 g/mol. The Morgan fingerprint density at radius 2 is 0.611 bits per heavy atom. The molecule has 0 aliphatic heterocycles. The second-order valence-electron chi connectivity index (χ2n) is 10.7. The molecule has 0 saturated heterocycles. The molecule has 0 N–H and O–H groups in total. The van der Waals surface area contributed by atoms with E-state index in [4.69, 9.17) is 0 Å². The van der Waals surface area contributed by atoms with Gasteiger partial charge in [-0.2, -0.15) is 0 Å². The number of Topliss-reactive ketones (excluding diaryl/α,β-unsaturated/α-hetero) is 3. The SMILES string of the molecule is CCCCCCCCCC(=O)C(P)(C(=O)CCCCCCCCC)C(=O)CCCCCCCCC.Cl. The number of carbonyl (C=O) groups excluding carboxylic acids is 3. The second kappa shape index (κ2) is 26.3. The van der Waals surface area contributed by atoms with Crippen molar-refractivity contribution in [3.05, 3.63) is 0 Å². The van der Waals surface area contributed by atoms with Crippen molar-refractivity contribution in [1.29, 1.82) is 0 Å². The summed E-state index contributed by atoms with van der Waals surface area (Å²) in [6.45, 7) is 6.64. The summed E-state index contributed by atoms with van der Waals surface area (Å²) in [6, 6.07) is 0. The highest BCUT2D eigenvalue weighted by atomic mass is 35.5. The molecule has 0 amide bonds. The van der Waals surface area contributed by atoms with Gasteiger partial charge in [-0.25, -0.2) is 0 Å². The molecule has 0 aromatic heterocycles. The van der Waals surface area contributed by atoms with Crippen LogP contribution in [0, 0.1) is 0 Å². The summed E-state index contributed by atoms with van der Waals surface area (Å²) in [5.41, 5.74) is 0. The van der Waals surface area contributed by atoms with Crippen molar-refractivity contribution in [2.45, 2.75) is 180 Å². The highest BCUT2D eigenvalue weighted by Gasteiger charge is 2.45. The minimum Gasteiger partial charge on any atom is -0.298 e.